The lowest BCUT2D eigenvalue weighted by atomic mass is 10.1. The Morgan fingerprint density at radius 3 is 2.91 bits per heavy atom. The van der Waals surface area contributed by atoms with Crippen molar-refractivity contribution < 1.29 is 23.8 Å². The van der Waals surface area contributed by atoms with E-state index in [1.807, 2.05) is 0 Å². The quantitative estimate of drug-likeness (QED) is 0.846. The predicted molar refractivity (Wildman–Crippen MR) is 80.3 cm³/mol. The molecule has 0 saturated heterocycles. The third kappa shape index (κ3) is 3.65. The molecule has 0 unspecified atom stereocenters. The number of hydrogen-bond donors (Lipinski definition) is 2. The van der Waals surface area contributed by atoms with Crippen LogP contribution in [0.15, 0.2) is 23.6 Å². The second-order valence-electron chi connectivity index (χ2n) is 5.18. The number of aromatic carboxylic acids is 1. The third-order valence-corrected chi connectivity index (χ3v) is 3.96. The van der Waals surface area contributed by atoms with Gasteiger partial charge >= 0.3 is 5.97 Å². The summed E-state index contributed by atoms with van der Waals surface area (Å²) in [4.78, 5) is 22.9. The first-order valence-electron chi connectivity index (χ1n) is 6.94. The molecule has 1 amide bonds. The van der Waals surface area contributed by atoms with E-state index in [0.29, 0.717) is 5.56 Å². The van der Waals surface area contributed by atoms with E-state index in [-0.39, 0.29) is 35.6 Å². The number of carbonyl (C=O) groups is 2. The topological polar surface area (TPSA) is 88.5 Å². The Hall–Kier alpha value is -2.48. The molecule has 1 heterocycles. The van der Waals surface area contributed by atoms with Crippen LogP contribution in [0.25, 0.3) is 0 Å². The van der Waals surface area contributed by atoms with Crippen molar-refractivity contribution in [1.29, 1.82) is 0 Å². The van der Waals surface area contributed by atoms with Crippen molar-refractivity contribution in [2.75, 3.05) is 0 Å². The lowest BCUT2D eigenvalue weighted by Gasteiger charge is -2.08. The number of aromatic nitrogens is 1. The maximum absolute atomic E-state index is 13.8. The third-order valence-electron chi connectivity index (χ3n) is 3.35. The van der Waals surface area contributed by atoms with Gasteiger partial charge in [-0.1, -0.05) is 0 Å². The van der Waals surface area contributed by atoms with Gasteiger partial charge in [0.15, 0.2) is 0 Å². The number of carboxylic acid groups (broad SMARTS) is 1. The lowest BCUT2D eigenvalue weighted by Crippen LogP contribution is -2.25. The number of hydrogen-bond acceptors (Lipinski definition) is 5. The first-order chi connectivity index (χ1) is 11.0. The molecule has 1 saturated carbocycles. The molecule has 0 bridgehead atoms. The normalized spacial score (nSPS) is 13.6. The minimum Gasteiger partial charge on any atom is -0.477 e. The second kappa shape index (κ2) is 6.33. The Balaban J connectivity index is 1.72. The summed E-state index contributed by atoms with van der Waals surface area (Å²) in [6.07, 6.45) is 1.93. The van der Waals surface area contributed by atoms with Crippen LogP contribution in [0.5, 0.6) is 5.88 Å². The number of rotatable bonds is 6. The van der Waals surface area contributed by atoms with Gasteiger partial charge in [0, 0.05) is 22.5 Å². The Morgan fingerprint density at radius 1 is 1.43 bits per heavy atom. The molecule has 2 aromatic rings. The van der Waals surface area contributed by atoms with Gasteiger partial charge in [0.1, 0.15) is 18.0 Å². The van der Waals surface area contributed by atoms with Crippen LogP contribution in [-0.4, -0.2) is 27.4 Å². The van der Waals surface area contributed by atoms with Gasteiger partial charge in [0.25, 0.3) is 5.91 Å². The van der Waals surface area contributed by atoms with Crippen molar-refractivity contribution in [3.63, 3.8) is 0 Å². The van der Waals surface area contributed by atoms with E-state index < -0.39 is 11.8 Å². The van der Waals surface area contributed by atoms with Gasteiger partial charge in [-0.3, -0.25) is 4.79 Å². The summed E-state index contributed by atoms with van der Waals surface area (Å²) >= 11 is 0.942. The van der Waals surface area contributed by atoms with E-state index in [1.165, 1.54) is 23.6 Å². The molecule has 2 N–H and O–H groups in total. The van der Waals surface area contributed by atoms with E-state index in [1.54, 1.807) is 0 Å². The fraction of sp³-hybridized carbons (Fsp3) is 0.267. The number of carbonyl (C=O) groups excluding carboxylic acids is 1. The fourth-order valence-corrected chi connectivity index (χ4v) is 2.55. The first kappa shape index (κ1) is 15.4. The van der Waals surface area contributed by atoms with Crippen LogP contribution in [0.4, 0.5) is 4.39 Å². The molecule has 0 aliphatic heterocycles. The second-order valence-corrected chi connectivity index (χ2v) is 5.81. The zero-order valence-electron chi connectivity index (χ0n) is 11.9. The molecule has 1 aromatic heterocycles. The highest BCUT2D eigenvalue weighted by Crippen LogP contribution is 2.22. The highest BCUT2D eigenvalue weighted by Gasteiger charge is 2.24. The van der Waals surface area contributed by atoms with Crippen molar-refractivity contribution >= 4 is 23.4 Å². The van der Waals surface area contributed by atoms with Gasteiger partial charge in [-0.25, -0.2) is 9.18 Å². The Morgan fingerprint density at radius 2 is 2.22 bits per heavy atom. The molecular formula is C15H13FN2O4S. The molecule has 1 aromatic carbocycles. The molecule has 6 nitrogen and oxygen atoms in total. The number of nitrogens with one attached hydrogen (secondary N) is 1. The van der Waals surface area contributed by atoms with E-state index >= 15 is 0 Å². The van der Waals surface area contributed by atoms with Gasteiger partial charge in [-0.15, -0.1) is 0 Å². The number of halogens is 1. The molecule has 1 fully saturated rings. The largest absolute Gasteiger partial charge is 0.477 e. The molecule has 23 heavy (non-hydrogen) atoms. The van der Waals surface area contributed by atoms with Crippen molar-refractivity contribution in [1.82, 2.24) is 9.69 Å². The number of amides is 1. The van der Waals surface area contributed by atoms with Crippen LogP contribution >= 0.6 is 11.5 Å². The minimum atomic E-state index is -1.16. The zero-order valence-corrected chi connectivity index (χ0v) is 12.7. The van der Waals surface area contributed by atoms with Crippen LogP contribution < -0.4 is 10.1 Å². The molecule has 3 rings (SSSR count). The van der Waals surface area contributed by atoms with Gasteiger partial charge in [0.05, 0.1) is 0 Å². The van der Waals surface area contributed by atoms with Crippen LogP contribution in [0.3, 0.4) is 0 Å². The lowest BCUT2D eigenvalue weighted by molar-refractivity contribution is 0.0691. The summed E-state index contributed by atoms with van der Waals surface area (Å²) in [7, 11) is 0. The van der Waals surface area contributed by atoms with E-state index in [4.69, 9.17) is 9.84 Å². The van der Waals surface area contributed by atoms with Crippen LogP contribution in [0, 0.1) is 5.82 Å². The first-order valence-corrected chi connectivity index (χ1v) is 7.78. The Labute approximate surface area is 135 Å². The van der Waals surface area contributed by atoms with E-state index in [0.717, 1.165) is 24.4 Å². The maximum atomic E-state index is 13.8. The fourth-order valence-electron chi connectivity index (χ4n) is 1.94. The maximum Gasteiger partial charge on any atom is 0.342 e. The number of ether oxygens (including phenoxy) is 1. The highest BCUT2D eigenvalue weighted by molar-refractivity contribution is 7.04. The number of nitrogens with zero attached hydrogens (tertiary/aromatic N) is 1. The SMILES string of the molecule is O=C(NC1CC1)c1ccc(F)c(COc2nscc2C(=O)O)c1. The number of benzene rings is 1. The minimum absolute atomic E-state index is 0.0604. The molecule has 0 spiro atoms. The van der Waals surface area contributed by atoms with Gasteiger partial charge < -0.3 is 15.2 Å². The molecule has 0 radical (unpaired) electrons. The summed E-state index contributed by atoms with van der Waals surface area (Å²) in [5, 5.41) is 13.1. The Bertz CT molecular complexity index is 758. The summed E-state index contributed by atoms with van der Waals surface area (Å²) < 4.78 is 23.0. The predicted octanol–water partition coefficient (Wildman–Crippen LogP) is 2.45. The monoisotopic (exact) mass is 336 g/mol. The Kier molecular flexibility index (Phi) is 4.24. The summed E-state index contributed by atoms with van der Waals surface area (Å²) in [6, 6.07) is 4.21. The van der Waals surface area contributed by atoms with Crippen molar-refractivity contribution in [2.45, 2.75) is 25.5 Å². The highest BCUT2D eigenvalue weighted by atomic mass is 32.1. The average Bonchev–Trinajstić information content (AvgIpc) is 3.20. The molecule has 1 aliphatic carbocycles. The van der Waals surface area contributed by atoms with Crippen LogP contribution in [-0.2, 0) is 6.61 Å². The summed E-state index contributed by atoms with van der Waals surface area (Å²) in [5.41, 5.74) is 0.435. The van der Waals surface area contributed by atoms with Crippen LogP contribution in [0.1, 0.15) is 39.1 Å². The van der Waals surface area contributed by atoms with Gasteiger partial charge in [-0.2, -0.15) is 4.37 Å². The standard InChI is InChI=1S/C15H13FN2O4S/c16-12-4-1-8(13(19)17-10-2-3-10)5-9(12)6-22-14-11(15(20)21)7-23-18-14/h1,4-5,7,10H,2-3,6H2,(H,17,19)(H,20,21). The van der Waals surface area contributed by atoms with E-state index in [2.05, 4.69) is 9.69 Å². The molecular weight excluding hydrogens is 323 g/mol. The van der Waals surface area contributed by atoms with Crippen molar-refractivity contribution in [3.8, 4) is 5.88 Å². The molecule has 120 valence electrons. The smallest absolute Gasteiger partial charge is 0.342 e. The van der Waals surface area contributed by atoms with E-state index in [9.17, 15) is 14.0 Å². The molecule has 8 heteroatoms. The van der Waals surface area contributed by atoms with Crippen molar-refractivity contribution in [2.24, 2.45) is 0 Å². The molecule has 1 aliphatic rings. The molecule has 0 atom stereocenters. The van der Waals surface area contributed by atoms with Crippen molar-refractivity contribution in [3.05, 3.63) is 46.1 Å². The summed E-state index contributed by atoms with van der Waals surface area (Å²) in [5.74, 6) is -2.00. The number of carboxylic acids is 1. The zero-order chi connectivity index (χ0) is 16.4. The average molecular weight is 336 g/mol. The van der Waals surface area contributed by atoms with Crippen LogP contribution in [0.2, 0.25) is 0 Å². The van der Waals surface area contributed by atoms with Gasteiger partial charge in [0.2, 0.25) is 5.88 Å². The van der Waals surface area contributed by atoms with Gasteiger partial charge in [-0.05, 0) is 42.6 Å². The summed E-state index contributed by atoms with van der Waals surface area (Å²) in [6.45, 7) is -0.208.